The molecule has 0 atom stereocenters. The Balaban J connectivity index is 1.57. The molecule has 1 aromatic carbocycles. The molecule has 3 rings (SSSR count). The largest absolute Gasteiger partial charge is 0.485 e. The zero-order valence-corrected chi connectivity index (χ0v) is 17.8. The summed E-state index contributed by atoms with van der Waals surface area (Å²) in [5.41, 5.74) is 0.482. The summed E-state index contributed by atoms with van der Waals surface area (Å²) in [6, 6.07) is 4.35. The summed E-state index contributed by atoms with van der Waals surface area (Å²) in [5, 5.41) is 0. The number of rotatable bonds is 6. The molecule has 29 heavy (non-hydrogen) atoms. The summed E-state index contributed by atoms with van der Waals surface area (Å²) in [4.78, 5) is 0.165. The Bertz CT molecular complexity index is 641. The van der Waals surface area contributed by atoms with Crippen molar-refractivity contribution in [1.82, 2.24) is 0 Å². The fourth-order valence-corrected chi connectivity index (χ4v) is 5.76. The number of benzene rings is 1. The first-order chi connectivity index (χ1) is 13.8. The van der Waals surface area contributed by atoms with E-state index >= 15 is 0 Å². The zero-order chi connectivity index (χ0) is 21.0. The molecule has 0 aliphatic heterocycles. The SMILES string of the molecule is CCCC1CCC(C2CCC(c3ccc(N(CC)C(F)(F)F)c(F)c3)CC2)CC1. The Morgan fingerprint density at radius 3 is 1.97 bits per heavy atom. The summed E-state index contributed by atoms with van der Waals surface area (Å²) in [7, 11) is 0. The van der Waals surface area contributed by atoms with Crippen LogP contribution in [-0.2, 0) is 0 Å². The molecule has 164 valence electrons. The highest BCUT2D eigenvalue weighted by atomic mass is 19.4. The highest BCUT2D eigenvalue weighted by molar-refractivity contribution is 5.50. The van der Waals surface area contributed by atoms with E-state index in [1.807, 2.05) is 0 Å². The molecule has 2 aliphatic rings. The van der Waals surface area contributed by atoms with Gasteiger partial charge in [0.15, 0.2) is 0 Å². The van der Waals surface area contributed by atoms with Gasteiger partial charge in [-0.1, -0.05) is 38.7 Å². The van der Waals surface area contributed by atoms with Crippen molar-refractivity contribution in [3.8, 4) is 0 Å². The second kappa shape index (κ2) is 9.70. The third-order valence-electron chi connectivity index (χ3n) is 7.38. The number of hydrogen-bond acceptors (Lipinski definition) is 1. The summed E-state index contributed by atoms with van der Waals surface area (Å²) in [6.07, 6.45) is 7.92. The van der Waals surface area contributed by atoms with E-state index in [1.165, 1.54) is 70.4 Å². The van der Waals surface area contributed by atoms with E-state index in [0.717, 1.165) is 36.2 Å². The molecule has 1 aromatic rings. The smallest absolute Gasteiger partial charge is 0.281 e. The van der Waals surface area contributed by atoms with Crippen LogP contribution >= 0.6 is 0 Å². The lowest BCUT2D eigenvalue weighted by Crippen LogP contribution is -2.38. The van der Waals surface area contributed by atoms with Crippen molar-refractivity contribution >= 4 is 5.69 Å². The van der Waals surface area contributed by atoms with Crippen LogP contribution in [0.3, 0.4) is 0 Å². The molecule has 0 spiro atoms. The lowest BCUT2D eigenvalue weighted by Gasteiger charge is -2.38. The fraction of sp³-hybridized carbons (Fsp3) is 0.750. The van der Waals surface area contributed by atoms with Gasteiger partial charge in [-0.05, 0) is 86.8 Å². The minimum Gasteiger partial charge on any atom is -0.281 e. The van der Waals surface area contributed by atoms with Crippen LogP contribution in [0.5, 0.6) is 0 Å². The van der Waals surface area contributed by atoms with Crippen molar-refractivity contribution in [2.24, 2.45) is 17.8 Å². The second-order valence-electron chi connectivity index (χ2n) is 9.10. The second-order valence-corrected chi connectivity index (χ2v) is 9.10. The quantitative estimate of drug-likeness (QED) is 0.337. The first-order valence-electron chi connectivity index (χ1n) is 11.5. The standard InChI is InChI=1S/C24H35F4N/c1-3-5-17-6-8-18(9-7-17)19-10-12-20(13-11-19)21-14-15-23(22(25)16-21)29(4-2)24(26,27)28/h14-20H,3-13H2,1-2H3. The molecule has 2 fully saturated rings. The van der Waals surface area contributed by atoms with E-state index in [0.29, 0.717) is 0 Å². The van der Waals surface area contributed by atoms with Crippen molar-refractivity contribution in [1.29, 1.82) is 0 Å². The summed E-state index contributed by atoms with van der Waals surface area (Å²) in [5.74, 6) is 2.05. The van der Waals surface area contributed by atoms with Gasteiger partial charge in [-0.15, -0.1) is 0 Å². The highest BCUT2D eigenvalue weighted by Crippen LogP contribution is 2.45. The first kappa shape index (κ1) is 22.4. The van der Waals surface area contributed by atoms with E-state index in [4.69, 9.17) is 0 Å². The molecule has 5 heteroatoms. The number of nitrogens with zero attached hydrogens (tertiary/aromatic N) is 1. The molecule has 0 aromatic heterocycles. The zero-order valence-electron chi connectivity index (χ0n) is 17.8. The maximum absolute atomic E-state index is 14.5. The van der Waals surface area contributed by atoms with Gasteiger partial charge in [0, 0.05) is 6.54 Å². The van der Waals surface area contributed by atoms with Crippen molar-refractivity contribution < 1.29 is 17.6 Å². The Hall–Kier alpha value is -1.26. The topological polar surface area (TPSA) is 3.24 Å². The number of halogens is 4. The summed E-state index contributed by atoms with van der Waals surface area (Å²) < 4.78 is 53.8. The molecule has 0 saturated heterocycles. The molecule has 0 bridgehead atoms. The lowest BCUT2D eigenvalue weighted by molar-refractivity contribution is -0.129. The van der Waals surface area contributed by atoms with Crippen molar-refractivity contribution in [3.05, 3.63) is 29.6 Å². The van der Waals surface area contributed by atoms with Gasteiger partial charge in [-0.25, -0.2) is 4.39 Å². The molecule has 0 heterocycles. The van der Waals surface area contributed by atoms with Crippen LogP contribution in [0.2, 0.25) is 0 Å². The Labute approximate surface area is 172 Å². The third-order valence-corrected chi connectivity index (χ3v) is 7.38. The molecular formula is C24H35F4N. The van der Waals surface area contributed by atoms with Gasteiger partial charge in [0.05, 0.1) is 5.69 Å². The Morgan fingerprint density at radius 2 is 1.48 bits per heavy atom. The van der Waals surface area contributed by atoms with Gasteiger partial charge >= 0.3 is 6.30 Å². The molecule has 2 saturated carbocycles. The molecule has 2 aliphatic carbocycles. The monoisotopic (exact) mass is 413 g/mol. The Morgan fingerprint density at radius 1 is 0.897 bits per heavy atom. The number of anilines is 1. The third kappa shape index (κ3) is 5.46. The average molecular weight is 414 g/mol. The van der Waals surface area contributed by atoms with Crippen LogP contribution in [-0.4, -0.2) is 12.8 Å². The normalized spacial score (nSPS) is 28.3. The predicted octanol–water partition coefficient (Wildman–Crippen LogP) is 8.05. The van der Waals surface area contributed by atoms with E-state index in [-0.39, 0.29) is 23.0 Å². The van der Waals surface area contributed by atoms with E-state index < -0.39 is 12.1 Å². The minimum atomic E-state index is -4.56. The van der Waals surface area contributed by atoms with Gasteiger partial charge in [0.25, 0.3) is 0 Å². The van der Waals surface area contributed by atoms with Gasteiger partial charge in [0.2, 0.25) is 0 Å². The molecule has 0 radical (unpaired) electrons. The number of alkyl halides is 3. The van der Waals surface area contributed by atoms with Crippen molar-refractivity contribution in [2.75, 3.05) is 11.4 Å². The van der Waals surface area contributed by atoms with E-state index in [2.05, 4.69) is 6.92 Å². The van der Waals surface area contributed by atoms with Crippen LogP contribution in [0.1, 0.15) is 89.5 Å². The van der Waals surface area contributed by atoms with Crippen molar-refractivity contribution in [2.45, 2.75) is 90.3 Å². The maximum Gasteiger partial charge on any atom is 0.485 e. The summed E-state index contributed by atoms with van der Waals surface area (Å²) >= 11 is 0. The first-order valence-corrected chi connectivity index (χ1v) is 11.5. The van der Waals surface area contributed by atoms with Gasteiger partial charge in [0.1, 0.15) is 5.82 Å². The van der Waals surface area contributed by atoms with Crippen LogP contribution in [0.25, 0.3) is 0 Å². The number of hydrogen-bond donors (Lipinski definition) is 0. The summed E-state index contributed by atoms with van der Waals surface area (Å²) in [6.45, 7) is 3.36. The highest BCUT2D eigenvalue weighted by Gasteiger charge is 2.38. The molecular weight excluding hydrogens is 378 g/mol. The molecule has 0 unspecified atom stereocenters. The van der Waals surface area contributed by atoms with E-state index in [9.17, 15) is 17.6 Å². The molecule has 0 amide bonds. The van der Waals surface area contributed by atoms with Crippen LogP contribution < -0.4 is 4.90 Å². The van der Waals surface area contributed by atoms with Gasteiger partial charge in [-0.2, -0.15) is 13.2 Å². The maximum atomic E-state index is 14.5. The van der Waals surface area contributed by atoms with E-state index in [1.54, 1.807) is 6.07 Å². The van der Waals surface area contributed by atoms with Crippen LogP contribution in [0.15, 0.2) is 18.2 Å². The Kier molecular flexibility index (Phi) is 7.50. The lowest BCUT2D eigenvalue weighted by atomic mass is 9.68. The predicted molar refractivity (Wildman–Crippen MR) is 111 cm³/mol. The van der Waals surface area contributed by atoms with Crippen LogP contribution in [0, 0.1) is 23.6 Å². The van der Waals surface area contributed by atoms with Crippen molar-refractivity contribution in [3.63, 3.8) is 0 Å². The fourth-order valence-electron chi connectivity index (χ4n) is 5.76. The molecule has 1 nitrogen and oxygen atoms in total. The molecule has 0 N–H and O–H groups in total. The average Bonchev–Trinajstić information content (AvgIpc) is 2.70. The van der Waals surface area contributed by atoms with Gasteiger partial charge < -0.3 is 0 Å². The minimum absolute atomic E-state index is 0.165. The van der Waals surface area contributed by atoms with Gasteiger partial charge in [-0.3, -0.25) is 4.90 Å². The van der Waals surface area contributed by atoms with Crippen LogP contribution in [0.4, 0.5) is 23.2 Å².